The van der Waals surface area contributed by atoms with Crippen molar-refractivity contribution >= 4 is 27.8 Å². The lowest BCUT2D eigenvalue weighted by molar-refractivity contribution is -0.141. The highest BCUT2D eigenvalue weighted by atomic mass is 79.9. The Morgan fingerprint density at radius 1 is 1.39 bits per heavy atom. The van der Waals surface area contributed by atoms with E-state index in [2.05, 4.69) is 26.0 Å². The first-order valence-corrected chi connectivity index (χ1v) is 6.13. The SMILES string of the molecule is COC(=O)CNC(=O)CCOc1cccc(Br)c1. The Hall–Kier alpha value is -1.56. The number of halogens is 1. The van der Waals surface area contributed by atoms with Crippen LogP contribution < -0.4 is 10.1 Å². The predicted molar refractivity (Wildman–Crippen MR) is 69.3 cm³/mol. The molecule has 0 aliphatic heterocycles. The van der Waals surface area contributed by atoms with Crippen molar-refractivity contribution in [3.8, 4) is 5.75 Å². The molecule has 0 unspecified atom stereocenters. The molecule has 1 rings (SSSR count). The van der Waals surface area contributed by atoms with Crippen molar-refractivity contribution in [3.05, 3.63) is 28.7 Å². The van der Waals surface area contributed by atoms with Gasteiger partial charge < -0.3 is 14.8 Å². The lowest BCUT2D eigenvalue weighted by atomic mass is 10.3. The molecular formula is C12H14BrNO4. The zero-order chi connectivity index (χ0) is 13.4. The summed E-state index contributed by atoms with van der Waals surface area (Å²) in [6.45, 7) is 0.135. The Morgan fingerprint density at radius 2 is 2.17 bits per heavy atom. The fraction of sp³-hybridized carbons (Fsp3) is 0.333. The van der Waals surface area contributed by atoms with Crippen LogP contribution in [0.15, 0.2) is 28.7 Å². The lowest BCUT2D eigenvalue weighted by Crippen LogP contribution is -2.30. The van der Waals surface area contributed by atoms with Gasteiger partial charge in [-0.3, -0.25) is 9.59 Å². The van der Waals surface area contributed by atoms with Gasteiger partial charge in [0.15, 0.2) is 0 Å². The number of ether oxygens (including phenoxy) is 2. The quantitative estimate of drug-likeness (QED) is 0.808. The van der Waals surface area contributed by atoms with E-state index < -0.39 is 5.97 Å². The summed E-state index contributed by atoms with van der Waals surface area (Å²) in [4.78, 5) is 22.1. The van der Waals surface area contributed by atoms with Gasteiger partial charge in [0.2, 0.25) is 5.91 Å². The standard InChI is InChI=1S/C12H14BrNO4/c1-17-12(16)8-14-11(15)5-6-18-10-4-2-3-9(13)7-10/h2-4,7H,5-6,8H2,1H3,(H,14,15). The smallest absolute Gasteiger partial charge is 0.325 e. The molecule has 5 nitrogen and oxygen atoms in total. The van der Waals surface area contributed by atoms with Gasteiger partial charge in [-0.15, -0.1) is 0 Å². The van der Waals surface area contributed by atoms with Crippen LogP contribution in [-0.2, 0) is 14.3 Å². The summed E-state index contributed by atoms with van der Waals surface area (Å²) >= 11 is 3.32. The summed E-state index contributed by atoms with van der Waals surface area (Å²) in [6.07, 6.45) is 0.184. The number of hydrogen-bond acceptors (Lipinski definition) is 4. The maximum absolute atomic E-state index is 11.3. The van der Waals surface area contributed by atoms with Gasteiger partial charge >= 0.3 is 5.97 Å². The summed E-state index contributed by atoms with van der Waals surface area (Å²) in [7, 11) is 1.27. The predicted octanol–water partition coefficient (Wildman–Crippen LogP) is 1.51. The van der Waals surface area contributed by atoms with Crippen LogP contribution in [0.1, 0.15) is 6.42 Å². The molecule has 0 heterocycles. The Balaban J connectivity index is 2.21. The van der Waals surface area contributed by atoms with Crippen LogP contribution in [0.5, 0.6) is 5.75 Å². The summed E-state index contributed by atoms with van der Waals surface area (Å²) in [5.74, 6) is -0.0446. The zero-order valence-corrected chi connectivity index (χ0v) is 11.5. The maximum Gasteiger partial charge on any atom is 0.325 e. The molecule has 18 heavy (non-hydrogen) atoms. The van der Waals surface area contributed by atoms with Crippen LogP contribution in [-0.4, -0.2) is 32.1 Å². The van der Waals surface area contributed by atoms with E-state index in [9.17, 15) is 9.59 Å². The Morgan fingerprint density at radius 3 is 2.83 bits per heavy atom. The molecule has 0 saturated heterocycles. The van der Waals surface area contributed by atoms with Crippen LogP contribution >= 0.6 is 15.9 Å². The number of carbonyl (C=O) groups is 2. The minimum Gasteiger partial charge on any atom is -0.493 e. The topological polar surface area (TPSA) is 64.6 Å². The molecule has 0 atom stereocenters. The van der Waals surface area contributed by atoms with Crippen molar-refractivity contribution in [2.45, 2.75) is 6.42 Å². The van der Waals surface area contributed by atoms with Gasteiger partial charge in [-0.1, -0.05) is 22.0 Å². The van der Waals surface area contributed by atoms with Gasteiger partial charge in [0.1, 0.15) is 12.3 Å². The number of esters is 1. The first-order valence-electron chi connectivity index (χ1n) is 5.33. The molecule has 98 valence electrons. The number of benzene rings is 1. The van der Waals surface area contributed by atoms with Crippen LogP contribution in [0, 0.1) is 0 Å². The van der Waals surface area contributed by atoms with Crippen LogP contribution in [0.3, 0.4) is 0 Å². The third kappa shape index (κ3) is 5.67. The Bertz CT molecular complexity index is 422. The molecule has 6 heteroatoms. The zero-order valence-electron chi connectivity index (χ0n) is 9.94. The summed E-state index contributed by atoms with van der Waals surface area (Å²) < 4.78 is 10.7. The highest BCUT2D eigenvalue weighted by Crippen LogP contribution is 2.17. The molecule has 1 aromatic rings. The fourth-order valence-electron chi connectivity index (χ4n) is 1.15. The number of amides is 1. The molecule has 1 aromatic carbocycles. The third-order valence-electron chi connectivity index (χ3n) is 2.05. The van der Waals surface area contributed by atoms with Crippen molar-refractivity contribution in [2.75, 3.05) is 20.3 Å². The summed E-state index contributed by atoms with van der Waals surface area (Å²) in [6, 6.07) is 7.34. The molecular weight excluding hydrogens is 302 g/mol. The van der Waals surface area contributed by atoms with Crippen LogP contribution in [0.2, 0.25) is 0 Å². The first-order chi connectivity index (χ1) is 8.61. The number of rotatable bonds is 6. The Labute approximate surface area is 114 Å². The molecule has 1 N–H and O–H groups in total. The highest BCUT2D eigenvalue weighted by molar-refractivity contribution is 9.10. The third-order valence-corrected chi connectivity index (χ3v) is 2.54. The summed E-state index contributed by atoms with van der Waals surface area (Å²) in [5, 5.41) is 2.43. The largest absolute Gasteiger partial charge is 0.493 e. The highest BCUT2D eigenvalue weighted by Gasteiger charge is 2.05. The summed E-state index contributed by atoms with van der Waals surface area (Å²) in [5.41, 5.74) is 0. The molecule has 0 bridgehead atoms. The van der Waals surface area contributed by atoms with Crippen LogP contribution in [0.25, 0.3) is 0 Å². The second-order valence-electron chi connectivity index (χ2n) is 3.41. The van der Waals surface area contributed by atoms with Gasteiger partial charge in [0, 0.05) is 4.47 Å². The van der Waals surface area contributed by atoms with E-state index in [0.29, 0.717) is 5.75 Å². The second-order valence-corrected chi connectivity index (χ2v) is 4.32. The second kappa shape index (κ2) is 7.71. The van der Waals surface area contributed by atoms with Gasteiger partial charge in [0.25, 0.3) is 0 Å². The average molecular weight is 316 g/mol. The van der Waals surface area contributed by atoms with Crippen molar-refractivity contribution in [3.63, 3.8) is 0 Å². The average Bonchev–Trinajstić information content (AvgIpc) is 2.36. The number of methoxy groups -OCH3 is 1. The van der Waals surface area contributed by atoms with Gasteiger partial charge in [-0.05, 0) is 18.2 Å². The van der Waals surface area contributed by atoms with E-state index in [1.54, 1.807) is 6.07 Å². The monoisotopic (exact) mass is 315 g/mol. The van der Waals surface area contributed by atoms with E-state index in [0.717, 1.165) is 4.47 Å². The molecule has 1 amide bonds. The number of hydrogen-bond donors (Lipinski definition) is 1. The molecule has 0 radical (unpaired) electrons. The van der Waals surface area contributed by atoms with Crippen LogP contribution in [0.4, 0.5) is 0 Å². The first kappa shape index (κ1) is 14.5. The van der Waals surface area contributed by atoms with Crippen molar-refractivity contribution in [1.29, 1.82) is 0 Å². The van der Waals surface area contributed by atoms with Gasteiger partial charge in [-0.25, -0.2) is 0 Å². The molecule has 0 aliphatic rings. The Kier molecular flexibility index (Phi) is 6.21. The minimum atomic E-state index is -0.476. The van der Waals surface area contributed by atoms with Gasteiger partial charge in [0.05, 0.1) is 20.1 Å². The van der Waals surface area contributed by atoms with Crippen molar-refractivity contribution in [1.82, 2.24) is 5.32 Å². The molecule has 0 aliphatic carbocycles. The van der Waals surface area contributed by atoms with Crippen molar-refractivity contribution in [2.24, 2.45) is 0 Å². The van der Waals surface area contributed by atoms with E-state index in [1.165, 1.54) is 7.11 Å². The molecule has 0 aromatic heterocycles. The van der Waals surface area contributed by atoms with E-state index in [-0.39, 0.29) is 25.5 Å². The normalized spacial score (nSPS) is 9.67. The van der Waals surface area contributed by atoms with E-state index >= 15 is 0 Å². The minimum absolute atomic E-state index is 0.119. The number of carbonyl (C=O) groups excluding carboxylic acids is 2. The maximum atomic E-state index is 11.3. The van der Waals surface area contributed by atoms with Crippen molar-refractivity contribution < 1.29 is 19.1 Å². The number of nitrogens with one attached hydrogen (secondary N) is 1. The lowest BCUT2D eigenvalue weighted by Gasteiger charge is -2.06. The molecule has 0 fully saturated rings. The fourth-order valence-corrected chi connectivity index (χ4v) is 1.53. The van der Waals surface area contributed by atoms with E-state index in [1.807, 2.05) is 18.2 Å². The van der Waals surface area contributed by atoms with E-state index in [4.69, 9.17) is 4.74 Å². The molecule has 0 spiro atoms. The molecule has 0 saturated carbocycles. The van der Waals surface area contributed by atoms with Gasteiger partial charge in [-0.2, -0.15) is 0 Å².